The largest absolute Gasteiger partial charge is 0.447 e. The summed E-state index contributed by atoms with van der Waals surface area (Å²) in [5, 5.41) is 2.54. The summed E-state index contributed by atoms with van der Waals surface area (Å²) in [5.41, 5.74) is -0.401. The van der Waals surface area contributed by atoms with Gasteiger partial charge in [-0.3, -0.25) is 4.79 Å². The summed E-state index contributed by atoms with van der Waals surface area (Å²) in [4.78, 5) is 26.3. The molecule has 7 heteroatoms. The number of cyclic esters (lactones) is 1. The lowest BCUT2D eigenvalue weighted by Crippen LogP contribution is -2.53. The molecule has 0 radical (unpaired) electrons. The van der Waals surface area contributed by atoms with Crippen molar-refractivity contribution in [2.45, 2.75) is 18.6 Å². The molecule has 2 aromatic carbocycles. The van der Waals surface area contributed by atoms with Gasteiger partial charge in [0.05, 0.1) is 12.0 Å². The fraction of sp³-hybridized carbons (Fsp3) is 0.300. The number of esters is 1. The Balaban J connectivity index is 2.27. The predicted molar refractivity (Wildman–Crippen MR) is 94.8 cm³/mol. The van der Waals surface area contributed by atoms with E-state index >= 15 is 0 Å². The van der Waals surface area contributed by atoms with E-state index in [2.05, 4.69) is 5.32 Å². The van der Waals surface area contributed by atoms with Crippen molar-refractivity contribution in [1.29, 1.82) is 0 Å². The Bertz CT molecular complexity index is 807. The predicted octanol–water partition coefficient (Wildman–Crippen LogP) is 3.04. The highest BCUT2D eigenvalue weighted by Crippen LogP contribution is 2.47. The van der Waals surface area contributed by atoms with Gasteiger partial charge in [0.25, 0.3) is 0 Å². The van der Waals surface area contributed by atoms with Crippen LogP contribution in [-0.4, -0.2) is 37.0 Å². The smallest absolute Gasteiger partial charge is 0.317 e. The fourth-order valence-corrected chi connectivity index (χ4v) is 3.72. The van der Waals surface area contributed by atoms with Crippen molar-refractivity contribution in [3.05, 3.63) is 71.3 Å². The average Bonchev–Trinajstić information content (AvgIpc) is 2.93. The maximum Gasteiger partial charge on any atom is 0.317 e. The third-order valence-electron chi connectivity index (χ3n) is 5.02. The summed E-state index contributed by atoms with van der Waals surface area (Å²) in [5.74, 6) is -2.03. The van der Waals surface area contributed by atoms with Crippen LogP contribution in [0.1, 0.15) is 18.1 Å². The SMILES string of the molecule is CNC(=O)N(C)[C@@H]1[C@@H](C)C(=O)OC1(c1ccc(F)cc1)c1ccc(F)cc1. The molecule has 1 aliphatic rings. The van der Waals surface area contributed by atoms with Gasteiger partial charge in [0.1, 0.15) is 11.6 Å². The number of urea groups is 1. The van der Waals surface area contributed by atoms with E-state index < -0.39 is 41.2 Å². The summed E-state index contributed by atoms with van der Waals surface area (Å²) < 4.78 is 32.9. The van der Waals surface area contributed by atoms with Gasteiger partial charge in [0, 0.05) is 25.2 Å². The Morgan fingerprint density at radius 3 is 1.89 bits per heavy atom. The summed E-state index contributed by atoms with van der Waals surface area (Å²) in [6, 6.07) is 9.94. The van der Waals surface area contributed by atoms with Gasteiger partial charge in [-0.1, -0.05) is 24.3 Å². The molecule has 2 atom stereocenters. The van der Waals surface area contributed by atoms with Crippen molar-refractivity contribution >= 4 is 12.0 Å². The molecule has 0 spiro atoms. The number of nitrogens with zero attached hydrogens (tertiary/aromatic N) is 1. The van der Waals surface area contributed by atoms with E-state index in [0.717, 1.165) is 0 Å². The highest BCUT2D eigenvalue weighted by Gasteiger charge is 2.58. The molecule has 1 saturated heterocycles. The normalized spacial score (nSPS) is 20.9. The van der Waals surface area contributed by atoms with Gasteiger partial charge in [0.2, 0.25) is 0 Å². The Hall–Kier alpha value is -2.96. The molecule has 3 rings (SSSR count). The first kappa shape index (κ1) is 18.8. The van der Waals surface area contributed by atoms with E-state index in [1.165, 1.54) is 60.5 Å². The Morgan fingerprint density at radius 2 is 1.48 bits per heavy atom. The highest BCUT2D eigenvalue weighted by molar-refractivity contribution is 5.81. The lowest BCUT2D eigenvalue weighted by Gasteiger charge is -2.39. The van der Waals surface area contributed by atoms with Gasteiger partial charge < -0.3 is 15.0 Å². The zero-order chi connectivity index (χ0) is 19.8. The Morgan fingerprint density at radius 1 is 1.04 bits per heavy atom. The first-order chi connectivity index (χ1) is 12.8. The number of amides is 2. The minimum atomic E-state index is -1.39. The highest BCUT2D eigenvalue weighted by atomic mass is 19.1. The number of rotatable bonds is 3. The van der Waals surface area contributed by atoms with Gasteiger partial charge in [-0.2, -0.15) is 0 Å². The van der Waals surface area contributed by atoms with Crippen LogP contribution in [0.4, 0.5) is 13.6 Å². The number of likely N-dealkylation sites (N-methyl/N-ethyl adjacent to an activating group) is 1. The molecule has 0 aliphatic carbocycles. The van der Waals surface area contributed by atoms with Crippen molar-refractivity contribution in [3.63, 3.8) is 0 Å². The van der Waals surface area contributed by atoms with Crippen molar-refractivity contribution in [2.24, 2.45) is 5.92 Å². The molecule has 2 amide bonds. The van der Waals surface area contributed by atoms with Crippen LogP contribution in [0.2, 0.25) is 0 Å². The number of hydrogen-bond donors (Lipinski definition) is 1. The number of carbonyl (C=O) groups excluding carboxylic acids is 2. The van der Waals surface area contributed by atoms with E-state index in [9.17, 15) is 18.4 Å². The van der Waals surface area contributed by atoms with Crippen LogP contribution < -0.4 is 5.32 Å². The molecule has 27 heavy (non-hydrogen) atoms. The average molecular weight is 374 g/mol. The fourth-order valence-electron chi connectivity index (χ4n) is 3.72. The second kappa shape index (κ2) is 6.98. The molecular weight excluding hydrogens is 354 g/mol. The molecule has 0 aromatic heterocycles. The third kappa shape index (κ3) is 3.03. The second-order valence-corrected chi connectivity index (χ2v) is 6.57. The van der Waals surface area contributed by atoms with E-state index in [-0.39, 0.29) is 0 Å². The van der Waals surface area contributed by atoms with Gasteiger partial charge in [-0.15, -0.1) is 0 Å². The first-order valence-electron chi connectivity index (χ1n) is 8.50. The van der Waals surface area contributed by atoms with Crippen LogP contribution in [0.25, 0.3) is 0 Å². The zero-order valence-corrected chi connectivity index (χ0v) is 15.2. The van der Waals surface area contributed by atoms with Crippen LogP contribution in [-0.2, 0) is 15.1 Å². The summed E-state index contributed by atoms with van der Waals surface area (Å²) >= 11 is 0. The molecule has 0 saturated carbocycles. The molecule has 5 nitrogen and oxygen atoms in total. The van der Waals surface area contributed by atoms with Gasteiger partial charge >= 0.3 is 12.0 Å². The molecule has 1 heterocycles. The number of nitrogens with one attached hydrogen (secondary N) is 1. The van der Waals surface area contributed by atoms with Gasteiger partial charge in [0.15, 0.2) is 5.60 Å². The molecule has 0 bridgehead atoms. The number of ether oxygens (including phenoxy) is 1. The topological polar surface area (TPSA) is 58.6 Å². The van der Waals surface area contributed by atoms with Gasteiger partial charge in [-0.05, 0) is 31.2 Å². The van der Waals surface area contributed by atoms with Crippen molar-refractivity contribution in [2.75, 3.05) is 14.1 Å². The summed E-state index contributed by atoms with van der Waals surface area (Å²) in [7, 11) is 3.04. The molecular formula is C20H20F2N2O3. The minimum absolute atomic E-state index is 0.404. The maximum absolute atomic E-state index is 13.5. The standard InChI is InChI=1S/C20H20F2N2O3/c1-12-17(24(3)19(26)23-2)20(27-18(12)25,13-4-8-15(21)9-5-13)14-6-10-16(22)11-7-14/h4-12,17H,1-3H3,(H,23,26)/t12-,17-/m1/s1. The van der Waals surface area contributed by atoms with Crippen LogP contribution in [0.3, 0.4) is 0 Å². The minimum Gasteiger partial charge on any atom is -0.447 e. The zero-order valence-electron chi connectivity index (χ0n) is 15.2. The lowest BCUT2D eigenvalue weighted by molar-refractivity contribution is -0.148. The van der Waals surface area contributed by atoms with E-state index in [4.69, 9.17) is 4.74 Å². The van der Waals surface area contributed by atoms with Crippen molar-refractivity contribution in [3.8, 4) is 0 Å². The number of halogens is 2. The third-order valence-corrected chi connectivity index (χ3v) is 5.02. The van der Waals surface area contributed by atoms with Crippen LogP contribution in [0.5, 0.6) is 0 Å². The molecule has 1 N–H and O–H groups in total. The van der Waals surface area contributed by atoms with Crippen molar-refractivity contribution < 1.29 is 23.1 Å². The van der Waals surface area contributed by atoms with Crippen LogP contribution in [0.15, 0.2) is 48.5 Å². The van der Waals surface area contributed by atoms with E-state index in [1.54, 1.807) is 14.0 Å². The second-order valence-electron chi connectivity index (χ2n) is 6.57. The Kier molecular flexibility index (Phi) is 4.87. The lowest BCUT2D eigenvalue weighted by atomic mass is 9.77. The first-order valence-corrected chi connectivity index (χ1v) is 8.50. The van der Waals surface area contributed by atoms with E-state index in [1.807, 2.05) is 0 Å². The summed E-state index contributed by atoms with van der Waals surface area (Å²) in [6.45, 7) is 1.67. The monoisotopic (exact) mass is 374 g/mol. The van der Waals surface area contributed by atoms with Crippen LogP contribution in [0, 0.1) is 17.6 Å². The summed E-state index contributed by atoms with van der Waals surface area (Å²) in [6.07, 6.45) is 0. The number of hydrogen-bond acceptors (Lipinski definition) is 3. The number of carbonyl (C=O) groups is 2. The Labute approximate surface area is 155 Å². The quantitative estimate of drug-likeness (QED) is 0.840. The molecule has 1 aliphatic heterocycles. The van der Waals surface area contributed by atoms with Gasteiger partial charge in [-0.25, -0.2) is 13.6 Å². The molecule has 2 aromatic rings. The van der Waals surface area contributed by atoms with Crippen molar-refractivity contribution in [1.82, 2.24) is 10.2 Å². The maximum atomic E-state index is 13.5. The van der Waals surface area contributed by atoms with Crippen LogP contribution >= 0.6 is 0 Å². The molecule has 0 unspecified atom stereocenters. The molecule has 142 valence electrons. The molecule has 1 fully saturated rings. The van der Waals surface area contributed by atoms with E-state index in [0.29, 0.717) is 11.1 Å². The number of benzene rings is 2.